The molecule has 5 nitrogen and oxygen atoms in total. The fourth-order valence-corrected chi connectivity index (χ4v) is 4.86. The van der Waals surface area contributed by atoms with Gasteiger partial charge in [-0.3, -0.25) is 4.79 Å². The largest absolute Gasteiger partial charge is 0.377 e. The van der Waals surface area contributed by atoms with Crippen molar-refractivity contribution in [3.05, 3.63) is 63.7 Å². The number of pyridine rings is 1. The molecule has 1 aliphatic rings. The van der Waals surface area contributed by atoms with Crippen LogP contribution in [-0.2, 0) is 11.2 Å². The van der Waals surface area contributed by atoms with Gasteiger partial charge in [0.15, 0.2) is 0 Å². The van der Waals surface area contributed by atoms with Crippen LogP contribution in [0.25, 0.3) is 10.9 Å². The number of benzene rings is 2. The van der Waals surface area contributed by atoms with Crippen molar-refractivity contribution < 1.29 is 4.79 Å². The minimum atomic E-state index is 0.118. The Bertz CT molecular complexity index is 1060. The van der Waals surface area contributed by atoms with E-state index in [0.29, 0.717) is 12.5 Å². The van der Waals surface area contributed by atoms with Crippen LogP contribution in [0.2, 0.25) is 0 Å². The second-order valence-corrected chi connectivity index (χ2v) is 9.63. The zero-order valence-electron chi connectivity index (χ0n) is 18.1. The normalized spacial score (nSPS) is 18.5. The number of hydrogen-bond acceptors (Lipinski definition) is 4. The van der Waals surface area contributed by atoms with Crippen molar-refractivity contribution >= 4 is 50.9 Å². The summed E-state index contributed by atoms with van der Waals surface area (Å²) >= 11 is 2.29. The van der Waals surface area contributed by atoms with Crippen molar-refractivity contribution in [2.45, 2.75) is 44.2 Å². The third-order valence-corrected chi connectivity index (χ3v) is 6.98. The lowest BCUT2D eigenvalue weighted by Gasteiger charge is -2.30. The quantitative estimate of drug-likeness (QED) is 0.443. The molecule has 3 aromatic rings. The molecule has 0 atom stereocenters. The molecule has 0 saturated heterocycles. The van der Waals surface area contributed by atoms with Crippen LogP contribution in [0.1, 0.15) is 31.2 Å². The third kappa shape index (κ3) is 5.47. The first-order valence-electron chi connectivity index (χ1n) is 10.9. The molecular weight excluding hydrogens is 499 g/mol. The first-order chi connectivity index (χ1) is 15.0. The molecule has 2 aromatic carbocycles. The number of anilines is 2. The highest BCUT2D eigenvalue weighted by Gasteiger charge is 2.23. The van der Waals surface area contributed by atoms with E-state index in [1.807, 2.05) is 30.3 Å². The highest BCUT2D eigenvalue weighted by atomic mass is 127. The number of nitrogens with one attached hydrogen (secondary N) is 2. The Balaban J connectivity index is 1.33. The number of carbonyl (C=O) groups excluding carboxylic acids is 1. The van der Waals surface area contributed by atoms with Crippen molar-refractivity contribution in [2.24, 2.45) is 0 Å². The fraction of sp³-hybridized carbons (Fsp3) is 0.360. The number of rotatable bonds is 6. The predicted molar refractivity (Wildman–Crippen MR) is 137 cm³/mol. The van der Waals surface area contributed by atoms with Crippen LogP contribution >= 0.6 is 22.6 Å². The molecule has 1 fully saturated rings. The number of halogens is 1. The van der Waals surface area contributed by atoms with E-state index >= 15 is 0 Å². The average molecular weight is 528 g/mol. The second-order valence-electron chi connectivity index (χ2n) is 8.47. The average Bonchev–Trinajstić information content (AvgIpc) is 2.76. The summed E-state index contributed by atoms with van der Waals surface area (Å²) in [6.45, 7) is 0. The fourth-order valence-electron chi connectivity index (χ4n) is 4.29. The molecule has 1 aliphatic carbocycles. The molecule has 0 spiro atoms. The Morgan fingerprint density at radius 3 is 2.45 bits per heavy atom. The number of aromatic nitrogens is 1. The minimum absolute atomic E-state index is 0.118. The summed E-state index contributed by atoms with van der Waals surface area (Å²) in [5.74, 6) is 1.04. The SMILES string of the molecule is CN(C)c1cc(N[C@H]2CC[C@@H](NC(=O)Cc3ccccc3I)CC2)nc2ccccc12. The van der Waals surface area contributed by atoms with Gasteiger partial charge in [0, 0.05) is 46.9 Å². The first-order valence-corrected chi connectivity index (χ1v) is 11.9. The molecule has 31 heavy (non-hydrogen) atoms. The molecule has 1 heterocycles. The summed E-state index contributed by atoms with van der Waals surface area (Å²) in [6, 6.07) is 19.1. The maximum Gasteiger partial charge on any atom is 0.224 e. The monoisotopic (exact) mass is 528 g/mol. The number of carbonyl (C=O) groups is 1. The summed E-state index contributed by atoms with van der Waals surface area (Å²) < 4.78 is 1.14. The minimum Gasteiger partial charge on any atom is -0.377 e. The molecule has 0 bridgehead atoms. The van der Waals surface area contributed by atoms with Crippen LogP contribution in [0.15, 0.2) is 54.6 Å². The van der Waals surface area contributed by atoms with Gasteiger partial charge >= 0.3 is 0 Å². The Kier molecular flexibility index (Phi) is 6.95. The van der Waals surface area contributed by atoms with Gasteiger partial charge in [0.05, 0.1) is 11.9 Å². The van der Waals surface area contributed by atoms with Gasteiger partial charge in [0.2, 0.25) is 5.91 Å². The lowest BCUT2D eigenvalue weighted by Crippen LogP contribution is -2.40. The second kappa shape index (κ2) is 9.85. The van der Waals surface area contributed by atoms with Gasteiger partial charge in [-0.05, 0) is 66.0 Å². The number of amides is 1. The van der Waals surface area contributed by atoms with E-state index in [4.69, 9.17) is 4.98 Å². The Morgan fingerprint density at radius 1 is 1.03 bits per heavy atom. The van der Waals surface area contributed by atoms with Gasteiger partial charge in [-0.1, -0.05) is 36.4 Å². The Labute approximate surface area is 197 Å². The van der Waals surface area contributed by atoms with E-state index in [2.05, 4.69) is 76.5 Å². The molecule has 0 aliphatic heterocycles. The zero-order valence-corrected chi connectivity index (χ0v) is 20.2. The Morgan fingerprint density at radius 2 is 1.71 bits per heavy atom. The van der Waals surface area contributed by atoms with Crippen LogP contribution in [0, 0.1) is 3.57 Å². The van der Waals surface area contributed by atoms with Gasteiger partial charge in [0.1, 0.15) is 5.82 Å². The van der Waals surface area contributed by atoms with Crippen LogP contribution in [0.5, 0.6) is 0 Å². The summed E-state index contributed by atoms with van der Waals surface area (Å²) in [5.41, 5.74) is 3.27. The van der Waals surface area contributed by atoms with Crippen molar-refractivity contribution in [1.82, 2.24) is 10.3 Å². The van der Waals surface area contributed by atoms with E-state index in [1.165, 1.54) is 5.69 Å². The van der Waals surface area contributed by atoms with Gasteiger partial charge in [-0.2, -0.15) is 0 Å². The summed E-state index contributed by atoms with van der Waals surface area (Å²) in [7, 11) is 4.13. The molecule has 0 radical (unpaired) electrons. The Hall–Kier alpha value is -2.35. The molecular formula is C25H29IN4O. The molecule has 6 heteroatoms. The molecule has 1 amide bonds. The summed E-state index contributed by atoms with van der Waals surface area (Å²) in [4.78, 5) is 19.4. The molecule has 2 N–H and O–H groups in total. The van der Waals surface area contributed by atoms with Crippen LogP contribution < -0.4 is 15.5 Å². The van der Waals surface area contributed by atoms with Gasteiger partial charge in [0.25, 0.3) is 0 Å². The first kappa shape index (κ1) is 21.9. The molecule has 162 valence electrons. The molecule has 1 saturated carbocycles. The van der Waals surface area contributed by atoms with E-state index < -0.39 is 0 Å². The van der Waals surface area contributed by atoms with Crippen LogP contribution in [0.4, 0.5) is 11.5 Å². The standard InChI is InChI=1S/C25H29IN4O/c1-30(2)23-16-24(29-22-10-6-4-8-20(22)23)27-18-11-13-19(14-12-18)28-25(31)15-17-7-3-5-9-21(17)26/h3-10,16,18-19H,11-15H2,1-2H3,(H,27,29)(H,28,31)/t18-,19+. The number of hydrogen-bond donors (Lipinski definition) is 2. The lowest BCUT2D eigenvalue weighted by molar-refractivity contribution is -0.121. The van der Waals surface area contributed by atoms with Crippen LogP contribution in [-0.4, -0.2) is 37.1 Å². The predicted octanol–water partition coefficient (Wildman–Crippen LogP) is 4.99. The smallest absolute Gasteiger partial charge is 0.224 e. The van der Waals surface area contributed by atoms with Crippen molar-refractivity contribution in [2.75, 3.05) is 24.3 Å². The van der Waals surface area contributed by atoms with Crippen molar-refractivity contribution in [3.8, 4) is 0 Å². The van der Waals surface area contributed by atoms with E-state index in [1.54, 1.807) is 0 Å². The van der Waals surface area contributed by atoms with Crippen molar-refractivity contribution in [1.29, 1.82) is 0 Å². The topological polar surface area (TPSA) is 57.3 Å². The highest BCUT2D eigenvalue weighted by molar-refractivity contribution is 14.1. The van der Waals surface area contributed by atoms with Gasteiger partial charge < -0.3 is 15.5 Å². The highest BCUT2D eigenvalue weighted by Crippen LogP contribution is 2.29. The lowest BCUT2D eigenvalue weighted by atomic mass is 9.91. The molecule has 4 rings (SSSR count). The summed E-state index contributed by atoms with van der Waals surface area (Å²) in [5, 5.41) is 8.04. The molecule has 0 unspecified atom stereocenters. The maximum atomic E-state index is 12.5. The maximum absolute atomic E-state index is 12.5. The number of para-hydroxylation sites is 1. The van der Waals surface area contributed by atoms with Gasteiger partial charge in [-0.15, -0.1) is 0 Å². The van der Waals surface area contributed by atoms with E-state index in [9.17, 15) is 4.79 Å². The number of fused-ring (bicyclic) bond motifs is 1. The summed E-state index contributed by atoms with van der Waals surface area (Å²) in [6.07, 6.45) is 4.48. The van der Waals surface area contributed by atoms with Crippen LogP contribution in [0.3, 0.4) is 0 Å². The third-order valence-electron chi connectivity index (χ3n) is 5.93. The van der Waals surface area contributed by atoms with E-state index in [-0.39, 0.29) is 11.9 Å². The number of nitrogens with zero attached hydrogens (tertiary/aromatic N) is 2. The van der Waals surface area contributed by atoms with E-state index in [0.717, 1.165) is 51.5 Å². The molecule has 1 aromatic heterocycles. The van der Waals surface area contributed by atoms with Crippen molar-refractivity contribution in [3.63, 3.8) is 0 Å². The van der Waals surface area contributed by atoms with Gasteiger partial charge in [-0.25, -0.2) is 4.98 Å². The zero-order chi connectivity index (χ0) is 21.8.